The summed E-state index contributed by atoms with van der Waals surface area (Å²) in [6.45, 7) is 0.0956. The molecule has 0 saturated carbocycles. The molecular formula is C46H60N12O8S2. The van der Waals surface area contributed by atoms with Crippen LogP contribution < -0.4 is 48.7 Å². The fourth-order valence-corrected chi connectivity index (χ4v) is 7.22. The minimum atomic E-state index is -1.28. The molecule has 6 atom stereocenters. The molecule has 0 unspecified atom stereocenters. The molecule has 22 heteroatoms. The van der Waals surface area contributed by atoms with Crippen LogP contribution in [0.15, 0.2) is 97.5 Å². The number of unbranched alkanes of at least 4 members (excludes halogenated alkanes) is 1. The fraction of sp³-hybridized carbons (Fsp3) is 0.370. The van der Waals surface area contributed by atoms with Crippen molar-refractivity contribution in [3.63, 3.8) is 0 Å². The first-order chi connectivity index (χ1) is 32.7. The molecular weight excluding hydrogens is 913 g/mol. The van der Waals surface area contributed by atoms with Gasteiger partial charge in [-0.25, -0.2) is 9.78 Å². The number of nitrogens with two attached hydrogens (primary N) is 2. The number of guanidine groups is 1. The summed E-state index contributed by atoms with van der Waals surface area (Å²) in [6, 6.07) is 18.6. The maximum atomic E-state index is 14.4. The van der Waals surface area contributed by atoms with E-state index in [9.17, 15) is 38.7 Å². The molecule has 0 spiro atoms. The van der Waals surface area contributed by atoms with Gasteiger partial charge in [-0.3, -0.25) is 34.2 Å². The van der Waals surface area contributed by atoms with Gasteiger partial charge in [-0.1, -0.05) is 84.9 Å². The van der Waals surface area contributed by atoms with E-state index < -0.39 is 77.7 Å². The average molecular weight is 973 g/mol. The lowest BCUT2D eigenvalue weighted by atomic mass is 9.99. The van der Waals surface area contributed by atoms with E-state index in [1.807, 2.05) is 54.6 Å². The number of carboxylic acid groups (broad SMARTS) is 1. The lowest BCUT2D eigenvalue weighted by Crippen LogP contribution is -2.60. The molecule has 0 aliphatic heterocycles. The summed E-state index contributed by atoms with van der Waals surface area (Å²) in [5, 5.41) is 35.5. The average Bonchev–Trinajstić information content (AvgIpc) is 3.85. The van der Waals surface area contributed by atoms with E-state index >= 15 is 0 Å². The van der Waals surface area contributed by atoms with Gasteiger partial charge >= 0.3 is 5.97 Å². The molecule has 14 N–H and O–H groups in total. The number of carbonyl (C=O) groups is 7. The van der Waals surface area contributed by atoms with Gasteiger partial charge in [0, 0.05) is 56.5 Å². The number of nitrogens with zero attached hydrogens (tertiary/aromatic N) is 1. The second-order valence-corrected chi connectivity index (χ2v) is 16.5. The van der Waals surface area contributed by atoms with Crippen molar-refractivity contribution in [3.05, 3.63) is 114 Å². The summed E-state index contributed by atoms with van der Waals surface area (Å²) >= 11 is 8.06. The summed E-state index contributed by atoms with van der Waals surface area (Å²) in [5.74, 6) is -5.81. The number of aromatic amines is 1. The number of hydrogen-bond donors (Lipinski definition) is 14. The molecule has 3 aromatic carbocycles. The highest BCUT2D eigenvalue weighted by Gasteiger charge is 2.33. The Kier molecular flexibility index (Phi) is 22.4. The Hall–Kier alpha value is -6.91. The van der Waals surface area contributed by atoms with Gasteiger partial charge in [0.15, 0.2) is 5.96 Å². The van der Waals surface area contributed by atoms with Gasteiger partial charge < -0.3 is 58.8 Å². The number of carboxylic acids is 1. The smallest absolute Gasteiger partial charge is 0.327 e. The number of nitrogens with one attached hydrogen (secondary N) is 9. The van der Waals surface area contributed by atoms with Crippen LogP contribution in [0.25, 0.3) is 11.1 Å². The summed E-state index contributed by atoms with van der Waals surface area (Å²) < 4.78 is 0. The number of imidazole rings is 1. The highest BCUT2D eigenvalue weighted by atomic mass is 32.1. The summed E-state index contributed by atoms with van der Waals surface area (Å²) in [5.41, 5.74) is 15.0. The van der Waals surface area contributed by atoms with E-state index in [2.05, 4.69) is 72.4 Å². The molecule has 0 radical (unpaired) electrons. The zero-order valence-electron chi connectivity index (χ0n) is 37.3. The SMILES string of the molecule is N=C(N)NCCCC[C@H](NC(=O)[C@@H](Cc1ccccc1)NC(=O)[C@H](Cc1c[nH]cn1)NC(=O)[C@@H](N)CS)C(=O)N[C@@H](Cc1ccc(-c2ccccc2)cc1)C(=O)NCCC(=O)N[C@H](CS)C(=O)O. The Labute approximate surface area is 405 Å². The van der Waals surface area contributed by atoms with Crippen molar-refractivity contribution < 1.29 is 38.7 Å². The molecule has 0 aliphatic carbocycles. The number of benzene rings is 3. The molecule has 364 valence electrons. The minimum absolute atomic E-state index is 0.00178. The van der Waals surface area contributed by atoms with Crippen LogP contribution in [0.3, 0.4) is 0 Å². The quantitative estimate of drug-likeness (QED) is 0.0154. The van der Waals surface area contributed by atoms with Crippen molar-refractivity contribution in [3.8, 4) is 11.1 Å². The number of rotatable bonds is 28. The van der Waals surface area contributed by atoms with Gasteiger partial charge in [-0.15, -0.1) is 0 Å². The van der Waals surface area contributed by atoms with Crippen LogP contribution in [0.2, 0.25) is 0 Å². The van der Waals surface area contributed by atoms with Gasteiger partial charge in [0.25, 0.3) is 0 Å². The van der Waals surface area contributed by atoms with Crippen LogP contribution in [0.4, 0.5) is 0 Å². The molecule has 4 rings (SSSR count). The highest BCUT2D eigenvalue weighted by molar-refractivity contribution is 7.80. The lowest BCUT2D eigenvalue weighted by molar-refractivity contribution is -0.141. The highest BCUT2D eigenvalue weighted by Crippen LogP contribution is 2.20. The first-order valence-electron chi connectivity index (χ1n) is 21.9. The maximum absolute atomic E-state index is 14.4. The minimum Gasteiger partial charge on any atom is -0.480 e. The Morgan fingerprint density at radius 3 is 1.74 bits per heavy atom. The van der Waals surface area contributed by atoms with Crippen molar-refractivity contribution >= 4 is 72.6 Å². The van der Waals surface area contributed by atoms with Gasteiger partial charge in [0.05, 0.1) is 18.1 Å². The Balaban J connectivity index is 1.61. The van der Waals surface area contributed by atoms with Crippen LogP contribution in [0.1, 0.15) is 42.5 Å². The topological polar surface area (TPSA) is 328 Å². The van der Waals surface area contributed by atoms with Crippen molar-refractivity contribution in [2.75, 3.05) is 24.6 Å². The zero-order chi connectivity index (χ0) is 49.4. The van der Waals surface area contributed by atoms with Crippen LogP contribution in [0.5, 0.6) is 0 Å². The fourth-order valence-electron chi connectivity index (χ4n) is 6.81. The Bertz CT molecular complexity index is 2270. The third-order valence-electron chi connectivity index (χ3n) is 10.5. The normalized spacial score (nSPS) is 13.5. The summed E-state index contributed by atoms with van der Waals surface area (Å²) in [6.07, 6.45) is 3.45. The lowest BCUT2D eigenvalue weighted by Gasteiger charge is -2.27. The van der Waals surface area contributed by atoms with Crippen molar-refractivity contribution in [1.82, 2.24) is 47.2 Å². The number of carbonyl (C=O) groups excluding carboxylic acids is 6. The third-order valence-corrected chi connectivity index (χ3v) is 11.3. The molecule has 6 amide bonds. The van der Waals surface area contributed by atoms with Crippen LogP contribution >= 0.6 is 25.3 Å². The van der Waals surface area contributed by atoms with Crippen LogP contribution in [-0.2, 0) is 52.8 Å². The van der Waals surface area contributed by atoms with E-state index in [4.69, 9.17) is 16.9 Å². The molecule has 20 nitrogen and oxygen atoms in total. The molecule has 0 bridgehead atoms. The van der Waals surface area contributed by atoms with Crippen molar-refractivity contribution in [2.45, 2.75) is 81.2 Å². The predicted octanol–water partition coefficient (Wildman–Crippen LogP) is -0.0402. The molecule has 0 saturated heterocycles. The van der Waals surface area contributed by atoms with Gasteiger partial charge in [0.1, 0.15) is 30.2 Å². The number of aliphatic carboxylic acids is 1. The van der Waals surface area contributed by atoms with E-state index in [0.29, 0.717) is 36.2 Å². The first kappa shape index (κ1) is 53.7. The van der Waals surface area contributed by atoms with Crippen LogP contribution in [-0.4, -0.2) is 123 Å². The number of thiol groups is 2. The van der Waals surface area contributed by atoms with Gasteiger partial charge in [-0.05, 0) is 41.5 Å². The molecule has 0 fully saturated rings. The third kappa shape index (κ3) is 18.4. The molecule has 1 aromatic heterocycles. The largest absolute Gasteiger partial charge is 0.480 e. The predicted molar refractivity (Wildman–Crippen MR) is 262 cm³/mol. The standard InChI is InChI=1S/C46H60N12O8S2/c47-33(25-67)40(60)56-37(23-32-24-50-27-53-32)44(64)58-36(21-28-9-3-1-4-10-28)43(63)55-34(13-7-8-19-52-46(48)49)42(62)57-35(41(61)51-20-18-39(59)54-38(26-68)45(65)66)22-29-14-16-31(17-15-29)30-11-5-2-6-12-30/h1-6,9-12,14-17,24,27,33-38,67-68H,7-8,13,18-23,25-26,47H2,(H,50,53)(H,51,61)(H,54,59)(H,55,63)(H,56,60)(H,57,62)(H,58,64)(H,65,66)(H4,48,49,52)/t33-,34-,35-,36+,37-,38+/m0/s1. The second kappa shape index (κ2) is 28.3. The zero-order valence-corrected chi connectivity index (χ0v) is 39.1. The van der Waals surface area contributed by atoms with E-state index in [1.54, 1.807) is 36.5 Å². The van der Waals surface area contributed by atoms with Crippen molar-refractivity contribution in [1.29, 1.82) is 5.41 Å². The van der Waals surface area contributed by atoms with Gasteiger partial charge in [-0.2, -0.15) is 25.3 Å². The number of aromatic nitrogens is 2. The summed E-state index contributed by atoms with van der Waals surface area (Å²) in [4.78, 5) is 101. The summed E-state index contributed by atoms with van der Waals surface area (Å²) in [7, 11) is 0. The van der Waals surface area contributed by atoms with E-state index in [0.717, 1.165) is 11.1 Å². The van der Waals surface area contributed by atoms with E-state index in [1.165, 1.54) is 6.33 Å². The number of hydrogen-bond acceptors (Lipinski definition) is 12. The monoisotopic (exact) mass is 972 g/mol. The molecule has 0 aliphatic rings. The number of H-pyrrole nitrogens is 1. The molecule has 4 aromatic rings. The first-order valence-corrected chi connectivity index (χ1v) is 23.2. The second-order valence-electron chi connectivity index (χ2n) is 15.8. The van der Waals surface area contributed by atoms with Crippen molar-refractivity contribution in [2.24, 2.45) is 11.5 Å². The molecule has 68 heavy (non-hydrogen) atoms. The van der Waals surface area contributed by atoms with E-state index in [-0.39, 0.29) is 56.1 Å². The van der Waals surface area contributed by atoms with Gasteiger partial charge in [0.2, 0.25) is 35.4 Å². The molecule has 1 heterocycles. The maximum Gasteiger partial charge on any atom is 0.327 e. The Morgan fingerprint density at radius 2 is 1.16 bits per heavy atom. The van der Waals surface area contributed by atoms with Crippen LogP contribution in [0, 0.1) is 5.41 Å². The Morgan fingerprint density at radius 1 is 0.618 bits per heavy atom. The number of amides is 6.